The van der Waals surface area contributed by atoms with Crippen LogP contribution in [0.15, 0.2) is 83.8 Å². The van der Waals surface area contributed by atoms with E-state index in [-0.39, 0.29) is 15.6 Å². The van der Waals surface area contributed by atoms with E-state index in [0.29, 0.717) is 6.54 Å². The first-order valence-electron chi connectivity index (χ1n) is 9.50. The number of halogens is 1. The Hall–Kier alpha value is -3.43. The molecule has 0 heterocycles. The van der Waals surface area contributed by atoms with E-state index >= 15 is 0 Å². The second-order valence-corrected chi connectivity index (χ2v) is 9.22. The van der Waals surface area contributed by atoms with Crippen LogP contribution in [0.4, 0.5) is 11.4 Å². The zero-order valence-electron chi connectivity index (χ0n) is 17.1. The van der Waals surface area contributed by atoms with Gasteiger partial charge in [-0.15, -0.1) is 0 Å². The first-order chi connectivity index (χ1) is 15.2. The molecule has 32 heavy (non-hydrogen) atoms. The van der Waals surface area contributed by atoms with Gasteiger partial charge in [-0.25, -0.2) is 8.42 Å². The third-order valence-electron chi connectivity index (χ3n) is 4.71. The van der Waals surface area contributed by atoms with Crippen molar-refractivity contribution < 1.29 is 18.1 Å². The fourth-order valence-corrected chi connectivity index (χ4v) is 4.64. The molecule has 0 spiro atoms. The molecule has 0 N–H and O–H groups in total. The number of nitrogens with zero attached hydrogens (tertiary/aromatic N) is 3. The molecule has 10 heteroatoms. The van der Waals surface area contributed by atoms with Gasteiger partial charge in [0.05, 0.1) is 15.5 Å². The van der Waals surface area contributed by atoms with Gasteiger partial charge in [0, 0.05) is 19.7 Å². The molecule has 166 valence electrons. The molecule has 0 aliphatic rings. The van der Waals surface area contributed by atoms with E-state index < -0.39 is 33.1 Å². The van der Waals surface area contributed by atoms with Crippen molar-refractivity contribution >= 4 is 38.9 Å². The highest BCUT2D eigenvalue weighted by molar-refractivity contribution is 7.92. The molecule has 0 unspecified atom stereocenters. The van der Waals surface area contributed by atoms with Gasteiger partial charge in [-0.3, -0.25) is 19.2 Å². The molecule has 0 radical (unpaired) electrons. The van der Waals surface area contributed by atoms with E-state index in [4.69, 9.17) is 11.6 Å². The zero-order valence-corrected chi connectivity index (χ0v) is 18.7. The number of amides is 1. The Morgan fingerprint density at radius 2 is 1.59 bits per heavy atom. The number of nitro benzene ring substituents is 1. The second-order valence-electron chi connectivity index (χ2n) is 6.95. The molecule has 0 saturated carbocycles. The number of anilines is 1. The Morgan fingerprint density at radius 1 is 1.00 bits per heavy atom. The smallest absolute Gasteiger partial charge is 0.289 e. The average molecular weight is 474 g/mol. The Kier molecular flexibility index (Phi) is 7.12. The van der Waals surface area contributed by atoms with Crippen molar-refractivity contribution in [3.63, 3.8) is 0 Å². The van der Waals surface area contributed by atoms with E-state index in [1.54, 1.807) is 37.4 Å². The quantitative estimate of drug-likeness (QED) is 0.362. The predicted octanol–water partition coefficient (Wildman–Crippen LogP) is 4.10. The van der Waals surface area contributed by atoms with Crippen molar-refractivity contribution in [3.05, 3.63) is 99.6 Å². The second kappa shape index (κ2) is 9.80. The molecule has 0 aliphatic heterocycles. The molecule has 0 fully saturated rings. The summed E-state index contributed by atoms with van der Waals surface area (Å²) < 4.78 is 27.8. The molecule has 3 rings (SSSR count). The van der Waals surface area contributed by atoms with E-state index in [2.05, 4.69) is 0 Å². The molecule has 0 bridgehead atoms. The van der Waals surface area contributed by atoms with E-state index in [0.717, 1.165) is 22.0 Å². The number of benzene rings is 3. The number of sulfonamides is 1. The lowest BCUT2D eigenvalue weighted by Gasteiger charge is -2.26. The summed E-state index contributed by atoms with van der Waals surface area (Å²) in [5.74, 6) is -0.440. The van der Waals surface area contributed by atoms with Crippen molar-refractivity contribution in [3.8, 4) is 0 Å². The monoisotopic (exact) mass is 473 g/mol. The van der Waals surface area contributed by atoms with Crippen molar-refractivity contribution in [2.45, 2.75) is 11.4 Å². The summed E-state index contributed by atoms with van der Waals surface area (Å²) in [7, 11) is -2.72. The summed E-state index contributed by atoms with van der Waals surface area (Å²) in [6.07, 6.45) is 0. The Morgan fingerprint density at radius 3 is 2.19 bits per heavy atom. The van der Waals surface area contributed by atoms with E-state index in [9.17, 15) is 23.3 Å². The summed E-state index contributed by atoms with van der Waals surface area (Å²) in [6.45, 7) is -0.180. The Labute approximate surface area is 190 Å². The zero-order chi connectivity index (χ0) is 23.3. The lowest BCUT2D eigenvalue weighted by molar-refractivity contribution is -0.384. The molecule has 3 aromatic rings. The van der Waals surface area contributed by atoms with Gasteiger partial charge in [0.15, 0.2) is 0 Å². The molecule has 8 nitrogen and oxygen atoms in total. The molecular formula is C22H20ClN3O5S. The van der Waals surface area contributed by atoms with Crippen LogP contribution < -0.4 is 4.31 Å². The Balaban J connectivity index is 1.95. The van der Waals surface area contributed by atoms with Gasteiger partial charge in [-0.05, 0) is 29.8 Å². The molecule has 0 atom stereocenters. The highest BCUT2D eigenvalue weighted by atomic mass is 35.5. The maximum absolute atomic E-state index is 13.4. The number of hydrogen-bond donors (Lipinski definition) is 0. The third kappa shape index (κ3) is 5.24. The maximum atomic E-state index is 13.4. The highest BCUT2D eigenvalue weighted by Gasteiger charge is 2.30. The number of hydrogen-bond acceptors (Lipinski definition) is 5. The van der Waals surface area contributed by atoms with Crippen LogP contribution in [0.2, 0.25) is 5.02 Å². The number of nitro groups is 1. The highest BCUT2D eigenvalue weighted by Crippen LogP contribution is 2.30. The molecule has 0 saturated heterocycles. The van der Waals surface area contributed by atoms with Gasteiger partial charge in [0.2, 0.25) is 5.91 Å². The van der Waals surface area contributed by atoms with Crippen molar-refractivity contribution in [1.29, 1.82) is 0 Å². The molecule has 1 amide bonds. The summed E-state index contributed by atoms with van der Waals surface area (Å²) in [6, 6.07) is 20.6. The molecule has 3 aromatic carbocycles. The lowest BCUT2D eigenvalue weighted by Crippen LogP contribution is -2.41. The summed E-state index contributed by atoms with van der Waals surface area (Å²) >= 11 is 5.83. The van der Waals surface area contributed by atoms with Crippen LogP contribution in [-0.4, -0.2) is 37.7 Å². The fraction of sp³-hybridized carbons (Fsp3) is 0.136. The van der Waals surface area contributed by atoms with Gasteiger partial charge >= 0.3 is 0 Å². The van der Waals surface area contributed by atoms with Crippen LogP contribution in [-0.2, 0) is 21.4 Å². The summed E-state index contributed by atoms with van der Waals surface area (Å²) in [4.78, 5) is 24.5. The van der Waals surface area contributed by atoms with Gasteiger partial charge < -0.3 is 4.90 Å². The third-order valence-corrected chi connectivity index (χ3v) is 6.80. The van der Waals surface area contributed by atoms with E-state index in [1.165, 1.54) is 11.0 Å². The number of para-hydroxylation sites is 1. The molecular weight excluding hydrogens is 454 g/mol. The minimum absolute atomic E-state index is 0.182. The van der Waals surface area contributed by atoms with Crippen LogP contribution in [0, 0.1) is 10.1 Å². The van der Waals surface area contributed by atoms with Crippen LogP contribution in [0.3, 0.4) is 0 Å². The van der Waals surface area contributed by atoms with Crippen LogP contribution in [0.1, 0.15) is 5.56 Å². The first kappa shape index (κ1) is 23.2. The predicted molar refractivity (Wildman–Crippen MR) is 122 cm³/mol. The Bertz CT molecular complexity index is 1220. The fourth-order valence-electron chi connectivity index (χ4n) is 3.02. The van der Waals surface area contributed by atoms with Gasteiger partial charge in [0.1, 0.15) is 11.6 Å². The number of carbonyl (C=O) groups is 1. The maximum Gasteiger partial charge on any atom is 0.289 e. The molecule has 0 aromatic heterocycles. The number of likely N-dealkylation sites (N-methyl/N-ethyl adjacent to an activating group) is 1. The van der Waals surface area contributed by atoms with Crippen molar-refractivity contribution in [2.75, 3.05) is 17.9 Å². The lowest BCUT2D eigenvalue weighted by atomic mass is 10.2. The largest absolute Gasteiger partial charge is 0.340 e. The molecule has 0 aliphatic carbocycles. The van der Waals surface area contributed by atoms with Gasteiger partial charge in [-0.1, -0.05) is 60.1 Å². The number of carbonyl (C=O) groups excluding carboxylic acids is 1. The van der Waals surface area contributed by atoms with Gasteiger partial charge in [0.25, 0.3) is 15.7 Å². The van der Waals surface area contributed by atoms with Crippen LogP contribution >= 0.6 is 11.6 Å². The normalized spacial score (nSPS) is 11.1. The van der Waals surface area contributed by atoms with Crippen molar-refractivity contribution in [1.82, 2.24) is 4.90 Å². The van der Waals surface area contributed by atoms with E-state index in [1.807, 2.05) is 30.3 Å². The van der Waals surface area contributed by atoms with Crippen molar-refractivity contribution in [2.24, 2.45) is 0 Å². The standard InChI is InChI=1S/C22H20ClN3O5S/c1-24(15-17-8-4-2-5-9-17)22(27)16-25(18-10-6-3-7-11-18)32(30,31)19-12-13-20(23)21(14-19)26(28)29/h2-14H,15-16H2,1H3. The average Bonchev–Trinajstić information content (AvgIpc) is 2.78. The summed E-state index contributed by atoms with van der Waals surface area (Å²) in [5.41, 5.74) is 0.616. The minimum atomic E-state index is -4.31. The first-order valence-corrected chi connectivity index (χ1v) is 11.3. The summed E-state index contributed by atoms with van der Waals surface area (Å²) in [5, 5.41) is 11.1. The minimum Gasteiger partial charge on any atom is -0.340 e. The topological polar surface area (TPSA) is 101 Å². The van der Waals surface area contributed by atoms with Crippen LogP contribution in [0.25, 0.3) is 0 Å². The number of rotatable bonds is 8. The van der Waals surface area contributed by atoms with Crippen LogP contribution in [0.5, 0.6) is 0 Å². The SMILES string of the molecule is CN(Cc1ccccc1)C(=O)CN(c1ccccc1)S(=O)(=O)c1ccc(Cl)c([N+](=O)[O-])c1. The van der Waals surface area contributed by atoms with Gasteiger partial charge in [-0.2, -0.15) is 0 Å².